The minimum Gasteiger partial charge on any atom is -0.466 e. The van der Waals surface area contributed by atoms with Gasteiger partial charge in [-0.1, -0.05) is 29.8 Å². The molecular weight excluding hydrogens is 440 g/mol. The Morgan fingerprint density at radius 2 is 1.68 bits per heavy atom. The molecule has 7 nitrogen and oxygen atoms in total. The number of hydrogen-bond donors (Lipinski definition) is 0. The van der Waals surface area contributed by atoms with Crippen molar-refractivity contribution < 1.29 is 22.7 Å². The smallest absolute Gasteiger partial charge is 0.309 e. The second-order valence-corrected chi connectivity index (χ2v) is 9.51. The van der Waals surface area contributed by atoms with Crippen molar-refractivity contribution in [1.29, 1.82) is 0 Å². The number of nitrogens with zero attached hydrogens (tertiary/aromatic N) is 2. The first kappa shape index (κ1) is 23.1. The molecule has 1 aliphatic heterocycles. The minimum atomic E-state index is -3.96. The number of likely N-dealkylation sites (tertiary alicyclic amines) is 1. The summed E-state index contributed by atoms with van der Waals surface area (Å²) < 4.78 is 32.8. The molecular formula is C22H25ClN2O5S. The standard InChI is InChI=1S/C22H25ClN2O5S/c1-2-30-22(27)17-12-14-24(15-13-17)21(26)16-25(19-10-8-18(23)9-11-19)31(28,29)20-6-4-3-5-7-20/h3-11,17H,2,12-16H2,1H3. The van der Waals surface area contributed by atoms with Crippen LogP contribution in [0.3, 0.4) is 0 Å². The topological polar surface area (TPSA) is 84.0 Å². The van der Waals surface area contributed by atoms with E-state index in [1.807, 2.05) is 0 Å². The Bertz CT molecular complexity index is 1000. The lowest BCUT2D eigenvalue weighted by Crippen LogP contribution is -2.46. The first-order valence-electron chi connectivity index (χ1n) is 10.1. The van der Waals surface area contributed by atoms with Crippen LogP contribution in [0.1, 0.15) is 19.8 Å². The highest BCUT2D eigenvalue weighted by Crippen LogP contribution is 2.26. The zero-order valence-electron chi connectivity index (χ0n) is 17.2. The third kappa shape index (κ3) is 5.57. The minimum absolute atomic E-state index is 0.0961. The van der Waals surface area contributed by atoms with E-state index in [9.17, 15) is 18.0 Å². The molecule has 2 aromatic carbocycles. The summed E-state index contributed by atoms with van der Waals surface area (Å²) in [5.41, 5.74) is 0.350. The summed E-state index contributed by atoms with van der Waals surface area (Å²) in [6, 6.07) is 14.3. The second-order valence-electron chi connectivity index (χ2n) is 7.21. The first-order chi connectivity index (χ1) is 14.8. The van der Waals surface area contributed by atoms with Gasteiger partial charge in [-0.25, -0.2) is 8.42 Å². The molecule has 0 bridgehead atoms. The van der Waals surface area contributed by atoms with Gasteiger partial charge in [0.2, 0.25) is 5.91 Å². The lowest BCUT2D eigenvalue weighted by atomic mass is 9.97. The number of piperidine rings is 1. The zero-order chi connectivity index (χ0) is 22.4. The number of esters is 1. The molecule has 0 unspecified atom stereocenters. The number of amides is 1. The number of hydrogen-bond acceptors (Lipinski definition) is 5. The Morgan fingerprint density at radius 1 is 1.06 bits per heavy atom. The van der Waals surface area contributed by atoms with Gasteiger partial charge in [0.1, 0.15) is 6.54 Å². The van der Waals surface area contributed by atoms with Crippen molar-refractivity contribution in [3.05, 3.63) is 59.6 Å². The van der Waals surface area contributed by atoms with Gasteiger partial charge in [-0.3, -0.25) is 13.9 Å². The molecule has 9 heteroatoms. The van der Waals surface area contributed by atoms with E-state index in [1.54, 1.807) is 54.3 Å². The Labute approximate surface area is 187 Å². The Kier molecular flexibility index (Phi) is 7.56. The van der Waals surface area contributed by atoms with Crippen molar-refractivity contribution in [2.75, 3.05) is 30.5 Å². The molecule has 2 aromatic rings. The molecule has 1 heterocycles. The fourth-order valence-electron chi connectivity index (χ4n) is 3.49. The van der Waals surface area contributed by atoms with Crippen molar-refractivity contribution in [1.82, 2.24) is 4.90 Å². The summed E-state index contributed by atoms with van der Waals surface area (Å²) in [5.74, 6) is -0.801. The van der Waals surface area contributed by atoms with Gasteiger partial charge < -0.3 is 9.64 Å². The Hall–Kier alpha value is -2.58. The van der Waals surface area contributed by atoms with Crippen LogP contribution in [-0.2, 0) is 24.3 Å². The van der Waals surface area contributed by atoms with Crippen LogP contribution in [0.4, 0.5) is 5.69 Å². The van der Waals surface area contributed by atoms with Crippen LogP contribution >= 0.6 is 11.6 Å². The molecule has 1 saturated heterocycles. The van der Waals surface area contributed by atoms with Crippen LogP contribution in [0.5, 0.6) is 0 Å². The third-order valence-corrected chi connectivity index (χ3v) is 7.23. The van der Waals surface area contributed by atoms with Gasteiger partial charge >= 0.3 is 5.97 Å². The van der Waals surface area contributed by atoms with Crippen molar-refractivity contribution >= 4 is 39.2 Å². The van der Waals surface area contributed by atoms with E-state index < -0.39 is 10.0 Å². The van der Waals surface area contributed by atoms with Gasteiger partial charge in [0.05, 0.1) is 23.1 Å². The van der Waals surface area contributed by atoms with Crippen LogP contribution in [0.15, 0.2) is 59.5 Å². The number of benzene rings is 2. The average Bonchev–Trinajstić information content (AvgIpc) is 2.79. The summed E-state index contributed by atoms with van der Waals surface area (Å²) in [6.07, 6.45) is 0.994. The first-order valence-corrected chi connectivity index (χ1v) is 11.9. The largest absolute Gasteiger partial charge is 0.466 e. The lowest BCUT2D eigenvalue weighted by molar-refractivity contribution is -0.151. The van der Waals surface area contributed by atoms with E-state index in [-0.39, 0.29) is 29.2 Å². The SMILES string of the molecule is CCOC(=O)C1CCN(C(=O)CN(c2ccc(Cl)cc2)S(=O)(=O)c2ccccc2)CC1. The molecule has 0 atom stereocenters. The summed E-state index contributed by atoms with van der Waals surface area (Å²) in [6.45, 7) is 2.49. The van der Waals surface area contributed by atoms with Gasteiger partial charge in [0.25, 0.3) is 10.0 Å². The summed E-state index contributed by atoms with van der Waals surface area (Å²) in [7, 11) is -3.96. The summed E-state index contributed by atoms with van der Waals surface area (Å²) in [4.78, 5) is 26.6. The molecule has 1 fully saturated rings. The van der Waals surface area contributed by atoms with Crippen LogP contribution < -0.4 is 4.31 Å². The molecule has 166 valence electrons. The maximum atomic E-state index is 13.3. The van der Waals surface area contributed by atoms with Crippen molar-refractivity contribution in [3.8, 4) is 0 Å². The maximum absolute atomic E-state index is 13.3. The van der Waals surface area contributed by atoms with Crippen LogP contribution in [0.25, 0.3) is 0 Å². The molecule has 3 rings (SSSR count). The summed E-state index contributed by atoms with van der Waals surface area (Å²) in [5, 5.41) is 0.466. The molecule has 0 radical (unpaired) electrons. The fraction of sp³-hybridized carbons (Fsp3) is 0.364. The Balaban J connectivity index is 1.79. The molecule has 31 heavy (non-hydrogen) atoms. The third-order valence-electron chi connectivity index (χ3n) is 5.19. The quantitative estimate of drug-likeness (QED) is 0.587. The van der Waals surface area contributed by atoms with Crippen molar-refractivity contribution in [2.24, 2.45) is 5.92 Å². The highest BCUT2D eigenvalue weighted by Gasteiger charge is 2.32. The molecule has 1 amide bonds. The molecule has 0 saturated carbocycles. The monoisotopic (exact) mass is 464 g/mol. The molecule has 0 aromatic heterocycles. The van der Waals surface area contributed by atoms with E-state index in [0.29, 0.717) is 43.2 Å². The number of halogens is 1. The van der Waals surface area contributed by atoms with Gasteiger partial charge in [0, 0.05) is 18.1 Å². The number of anilines is 1. The summed E-state index contributed by atoms with van der Waals surface area (Å²) >= 11 is 5.96. The highest BCUT2D eigenvalue weighted by atomic mass is 35.5. The van der Waals surface area contributed by atoms with Gasteiger partial charge in [-0.2, -0.15) is 0 Å². The van der Waals surface area contributed by atoms with Crippen LogP contribution in [0, 0.1) is 5.92 Å². The number of rotatable bonds is 7. The van der Waals surface area contributed by atoms with Gasteiger partial charge in [-0.15, -0.1) is 0 Å². The normalized spacial score (nSPS) is 14.8. The predicted molar refractivity (Wildman–Crippen MR) is 118 cm³/mol. The van der Waals surface area contributed by atoms with E-state index in [2.05, 4.69) is 0 Å². The molecule has 1 aliphatic rings. The number of sulfonamides is 1. The predicted octanol–water partition coefficient (Wildman–Crippen LogP) is 3.34. The lowest BCUT2D eigenvalue weighted by Gasteiger charge is -2.33. The van der Waals surface area contributed by atoms with Crippen molar-refractivity contribution in [3.63, 3.8) is 0 Å². The number of carbonyl (C=O) groups excluding carboxylic acids is 2. The maximum Gasteiger partial charge on any atom is 0.309 e. The van der Waals surface area contributed by atoms with Gasteiger partial charge in [0.15, 0.2) is 0 Å². The van der Waals surface area contributed by atoms with Crippen LogP contribution in [0.2, 0.25) is 5.02 Å². The van der Waals surface area contributed by atoms with E-state index in [1.165, 1.54) is 12.1 Å². The van der Waals surface area contributed by atoms with E-state index >= 15 is 0 Å². The number of carbonyl (C=O) groups is 2. The molecule has 0 aliphatic carbocycles. The van der Waals surface area contributed by atoms with E-state index in [0.717, 1.165) is 4.31 Å². The van der Waals surface area contributed by atoms with E-state index in [4.69, 9.17) is 16.3 Å². The molecule has 0 spiro atoms. The zero-order valence-corrected chi connectivity index (χ0v) is 18.8. The average molecular weight is 465 g/mol. The van der Waals surface area contributed by atoms with Crippen molar-refractivity contribution in [2.45, 2.75) is 24.7 Å². The number of ether oxygens (including phenoxy) is 1. The highest BCUT2D eigenvalue weighted by molar-refractivity contribution is 7.92. The van der Waals surface area contributed by atoms with Crippen LogP contribution in [-0.4, -0.2) is 51.4 Å². The second kappa shape index (κ2) is 10.2. The fourth-order valence-corrected chi connectivity index (χ4v) is 5.05. The van der Waals surface area contributed by atoms with Gasteiger partial charge in [-0.05, 0) is 56.2 Å². The Morgan fingerprint density at radius 3 is 2.26 bits per heavy atom. The molecule has 0 N–H and O–H groups in total.